The third-order valence-electron chi connectivity index (χ3n) is 2.95. The summed E-state index contributed by atoms with van der Waals surface area (Å²) in [5.41, 5.74) is 3.78. The highest BCUT2D eigenvalue weighted by atomic mass is 79.9. The van der Waals surface area contributed by atoms with Crippen molar-refractivity contribution in [1.29, 1.82) is 0 Å². The van der Waals surface area contributed by atoms with Crippen LogP contribution in [-0.2, 0) is 6.42 Å². The Balaban J connectivity index is 2.15. The van der Waals surface area contributed by atoms with Crippen molar-refractivity contribution in [1.82, 2.24) is 0 Å². The topological polar surface area (TPSA) is 13.1 Å². The number of furan rings is 1. The molecule has 0 saturated carbocycles. The van der Waals surface area contributed by atoms with Gasteiger partial charge < -0.3 is 4.42 Å². The van der Waals surface area contributed by atoms with Crippen molar-refractivity contribution in [3.63, 3.8) is 0 Å². The van der Waals surface area contributed by atoms with E-state index in [9.17, 15) is 0 Å². The molecule has 0 bridgehead atoms. The van der Waals surface area contributed by atoms with E-state index in [4.69, 9.17) is 4.42 Å². The third-order valence-corrected chi connectivity index (χ3v) is 3.48. The van der Waals surface area contributed by atoms with Gasteiger partial charge in [-0.3, -0.25) is 0 Å². The Kier molecular flexibility index (Phi) is 4.43. The van der Waals surface area contributed by atoms with E-state index in [2.05, 4.69) is 47.1 Å². The highest BCUT2D eigenvalue weighted by Crippen LogP contribution is 2.27. The average Bonchev–Trinajstić information content (AvgIpc) is 2.79. The molecule has 0 N–H and O–H groups in total. The van der Waals surface area contributed by atoms with Gasteiger partial charge in [0.1, 0.15) is 0 Å². The largest absolute Gasteiger partial charge is 0.472 e. The molecule has 2 aromatic rings. The Morgan fingerprint density at radius 2 is 1.82 bits per heavy atom. The second-order valence-corrected chi connectivity index (χ2v) is 5.19. The molecule has 1 aromatic heterocycles. The quantitative estimate of drug-likeness (QED) is 0.669. The molecule has 0 amide bonds. The fourth-order valence-electron chi connectivity index (χ4n) is 1.97. The minimum absolute atomic E-state index is 1.11. The number of halogens is 1. The van der Waals surface area contributed by atoms with Gasteiger partial charge in [-0.15, -0.1) is 0 Å². The zero-order chi connectivity index (χ0) is 12.1. The lowest BCUT2D eigenvalue weighted by atomic mass is 10.0. The number of aryl methyl sites for hydroxylation is 1. The Bertz CT molecular complexity index is 456. The lowest BCUT2D eigenvalue weighted by Crippen LogP contribution is -1.86. The minimum Gasteiger partial charge on any atom is -0.472 e. The van der Waals surface area contributed by atoms with Gasteiger partial charge in [0.25, 0.3) is 0 Å². The molecule has 0 saturated heterocycles. The van der Waals surface area contributed by atoms with E-state index in [0.717, 1.165) is 10.9 Å². The van der Waals surface area contributed by atoms with E-state index < -0.39 is 0 Å². The van der Waals surface area contributed by atoms with Crippen molar-refractivity contribution in [2.24, 2.45) is 0 Å². The van der Waals surface area contributed by atoms with Crippen molar-refractivity contribution in [2.75, 3.05) is 0 Å². The highest BCUT2D eigenvalue weighted by molar-refractivity contribution is 9.10. The van der Waals surface area contributed by atoms with Gasteiger partial charge in [-0.05, 0) is 36.1 Å². The number of benzene rings is 1. The number of hydrogen-bond acceptors (Lipinski definition) is 1. The van der Waals surface area contributed by atoms with E-state index in [-0.39, 0.29) is 0 Å². The summed E-state index contributed by atoms with van der Waals surface area (Å²) in [7, 11) is 0. The summed E-state index contributed by atoms with van der Waals surface area (Å²) in [4.78, 5) is 0. The first-order valence-electron chi connectivity index (χ1n) is 6.12. The Morgan fingerprint density at radius 1 is 1.06 bits per heavy atom. The molecule has 0 radical (unpaired) electrons. The molecule has 0 fully saturated rings. The highest BCUT2D eigenvalue weighted by Gasteiger charge is 2.07. The van der Waals surface area contributed by atoms with E-state index >= 15 is 0 Å². The first-order valence-corrected chi connectivity index (χ1v) is 6.91. The zero-order valence-electron chi connectivity index (χ0n) is 10.1. The molecule has 0 aliphatic heterocycles. The first kappa shape index (κ1) is 12.4. The number of unbranched alkanes of at least 4 members (excludes halogenated alkanes) is 2. The molecule has 17 heavy (non-hydrogen) atoms. The summed E-state index contributed by atoms with van der Waals surface area (Å²) in [5.74, 6) is 0. The first-order chi connectivity index (χ1) is 8.31. The van der Waals surface area contributed by atoms with Gasteiger partial charge in [-0.1, -0.05) is 47.8 Å². The fraction of sp³-hybridized carbons (Fsp3) is 0.333. The van der Waals surface area contributed by atoms with Crippen molar-refractivity contribution in [3.8, 4) is 11.1 Å². The van der Waals surface area contributed by atoms with Crippen LogP contribution in [0, 0.1) is 0 Å². The van der Waals surface area contributed by atoms with Gasteiger partial charge in [0.15, 0.2) is 0 Å². The lowest BCUT2D eigenvalue weighted by molar-refractivity contribution is 0.562. The van der Waals surface area contributed by atoms with Crippen molar-refractivity contribution >= 4 is 15.9 Å². The van der Waals surface area contributed by atoms with Crippen LogP contribution in [-0.4, -0.2) is 0 Å². The molecule has 1 nitrogen and oxygen atoms in total. The average molecular weight is 293 g/mol. The summed E-state index contributed by atoms with van der Waals surface area (Å²) in [6, 6.07) is 8.38. The predicted octanol–water partition coefficient (Wildman–Crippen LogP) is 5.44. The summed E-state index contributed by atoms with van der Waals surface area (Å²) in [6.45, 7) is 2.23. The van der Waals surface area contributed by atoms with Gasteiger partial charge in [-0.25, -0.2) is 0 Å². The van der Waals surface area contributed by atoms with Gasteiger partial charge in [0.05, 0.1) is 12.5 Å². The standard InChI is InChI=1S/C15H17BrO/c1-2-3-4-5-13-10-17-11-15(13)12-6-8-14(16)9-7-12/h6-11H,2-5H2,1H3. The number of rotatable bonds is 5. The zero-order valence-corrected chi connectivity index (χ0v) is 11.7. The van der Waals surface area contributed by atoms with Crippen LogP contribution >= 0.6 is 15.9 Å². The van der Waals surface area contributed by atoms with Crippen LogP contribution in [0.4, 0.5) is 0 Å². The second kappa shape index (κ2) is 6.06. The molecular weight excluding hydrogens is 276 g/mol. The molecule has 0 aliphatic rings. The lowest BCUT2D eigenvalue weighted by Gasteiger charge is -2.03. The summed E-state index contributed by atoms with van der Waals surface area (Å²) in [6.07, 6.45) is 8.61. The van der Waals surface area contributed by atoms with E-state index in [1.54, 1.807) is 0 Å². The molecule has 0 atom stereocenters. The third kappa shape index (κ3) is 3.22. The predicted molar refractivity (Wildman–Crippen MR) is 75.1 cm³/mol. The monoisotopic (exact) mass is 292 g/mol. The normalized spacial score (nSPS) is 10.7. The molecule has 2 rings (SSSR count). The molecule has 90 valence electrons. The van der Waals surface area contributed by atoms with Crippen LogP contribution in [0.2, 0.25) is 0 Å². The van der Waals surface area contributed by atoms with Crippen LogP contribution in [0.3, 0.4) is 0 Å². The van der Waals surface area contributed by atoms with Crippen LogP contribution < -0.4 is 0 Å². The van der Waals surface area contributed by atoms with Gasteiger partial charge >= 0.3 is 0 Å². The Labute approximate surface area is 111 Å². The maximum atomic E-state index is 5.35. The van der Waals surface area contributed by atoms with E-state index in [0.29, 0.717) is 0 Å². The van der Waals surface area contributed by atoms with E-state index in [1.165, 1.54) is 36.0 Å². The van der Waals surface area contributed by atoms with Crippen LogP contribution in [0.25, 0.3) is 11.1 Å². The molecule has 0 unspecified atom stereocenters. The van der Waals surface area contributed by atoms with Crippen molar-refractivity contribution in [2.45, 2.75) is 32.6 Å². The van der Waals surface area contributed by atoms with Gasteiger partial charge in [-0.2, -0.15) is 0 Å². The van der Waals surface area contributed by atoms with Gasteiger partial charge in [0.2, 0.25) is 0 Å². The summed E-state index contributed by atoms with van der Waals surface area (Å²) >= 11 is 3.46. The molecule has 1 heterocycles. The maximum Gasteiger partial charge on any atom is 0.0983 e. The number of hydrogen-bond donors (Lipinski definition) is 0. The molecule has 1 aromatic carbocycles. The van der Waals surface area contributed by atoms with Crippen LogP contribution in [0.5, 0.6) is 0 Å². The summed E-state index contributed by atoms with van der Waals surface area (Å²) in [5, 5.41) is 0. The smallest absolute Gasteiger partial charge is 0.0983 e. The summed E-state index contributed by atoms with van der Waals surface area (Å²) < 4.78 is 6.46. The Morgan fingerprint density at radius 3 is 2.53 bits per heavy atom. The maximum absolute atomic E-state index is 5.35. The second-order valence-electron chi connectivity index (χ2n) is 4.27. The molecule has 2 heteroatoms. The van der Waals surface area contributed by atoms with Crippen molar-refractivity contribution < 1.29 is 4.42 Å². The Hall–Kier alpha value is -1.02. The fourth-order valence-corrected chi connectivity index (χ4v) is 2.23. The molecular formula is C15H17BrO. The molecule has 0 aliphatic carbocycles. The molecule has 0 spiro atoms. The van der Waals surface area contributed by atoms with E-state index in [1.807, 2.05) is 12.5 Å². The SMILES string of the molecule is CCCCCc1cocc1-c1ccc(Br)cc1. The minimum atomic E-state index is 1.11. The van der Waals surface area contributed by atoms with Gasteiger partial charge in [0, 0.05) is 10.0 Å². The van der Waals surface area contributed by atoms with Crippen molar-refractivity contribution in [3.05, 3.63) is 46.8 Å². The van der Waals surface area contributed by atoms with Crippen LogP contribution in [0.1, 0.15) is 31.7 Å². The van der Waals surface area contributed by atoms with Crippen LogP contribution in [0.15, 0.2) is 45.7 Å².